The van der Waals surface area contributed by atoms with E-state index in [4.69, 9.17) is 9.15 Å². The zero-order valence-electron chi connectivity index (χ0n) is 10.3. The number of benzene rings is 1. The summed E-state index contributed by atoms with van der Waals surface area (Å²) in [7, 11) is 1.53. The van der Waals surface area contributed by atoms with Crippen LogP contribution in [-0.2, 0) is 0 Å². The molecule has 0 radical (unpaired) electrons. The molecule has 0 N–H and O–H groups in total. The minimum atomic E-state index is 0.426. The standard InChI is InChI=1S/C15H11NO3/c1-18-13-5-4-10-7-14(11-3-2-6-16-8-11)19-15(10)12(13)9-17/h2-9H,1H3. The summed E-state index contributed by atoms with van der Waals surface area (Å²) in [6.45, 7) is 0. The van der Waals surface area contributed by atoms with Crippen LogP contribution in [0.1, 0.15) is 10.4 Å². The lowest BCUT2D eigenvalue weighted by Crippen LogP contribution is -1.90. The number of ether oxygens (including phenoxy) is 1. The third-order valence-corrected chi connectivity index (χ3v) is 2.97. The average Bonchev–Trinajstić information content (AvgIpc) is 2.91. The first-order valence-electron chi connectivity index (χ1n) is 5.79. The molecule has 19 heavy (non-hydrogen) atoms. The maximum atomic E-state index is 11.2. The molecule has 0 aliphatic carbocycles. The molecular weight excluding hydrogens is 242 g/mol. The van der Waals surface area contributed by atoms with Crippen molar-refractivity contribution in [3.63, 3.8) is 0 Å². The summed E-state index contributed by atoms with van der Waals surface area (Å²) in [5.74, 6) is 1.19. The molecule has 2 heterocycles. The average molecular weight is 253 g/mol. The van der Waals surface area contributed by atoms with E-state index in [0.29, 0.717) is 22.7 Å². The normalized spacial score (nSPS) is 10.6. The molecule has 0 fully saturated rings. The third-order valence-electron chi connectivity index (χ3n) is 2.97. The SMILES string of the molecule is COc1ccc2cc(-c3cccnc3)oc2c1C=O. The van der Waals surface area contributed by atoms with Crippen molar-refractivity contribution in [1.29, 1.82) is 0 Å². The summed E-state index contributed by atoms with van der Waals surface area (Å²) in [4.78, 5) is 15.2. The van der Waals surface area contributed by atoms with Crippen molar-refractivity contribution < 1.29 is 13.9 Å². The van der Waals surface area contributed by atoms with Gasteiger partial charge in [0.2, 0.25) is 0 Å². The van der Waals surface area contributed by atoms with Crippen molar-refractivity contribution in [2.24, 2.45) is 0 Å². The predicted octanol–water partition coefficient (Wildman–Crippen LogP) is 3.32. The highest BCUT2D eigenvalue weighted by Gasteiger charge is 2.13. The van der Waals surface area contributed by atoms with Gasteiger partial charge in [0.05, 0.1) is 12.7 Å². The number of methoxy groups -OCH3 is 1. The van der Waals surface area contributed by atoms with Crippen LogP contribution in [0, 0.1) is 0 Å². The summed E-state index contributed by atoms with van der Waals surface area (Å²) in [5, 5.41) is 0.863. The zero-order valence-corrected chi connectivity index (χ0v) is 10.3. The van der Waals surface area contributed by atoms with Crippen molar-refractivity contribution in [1.82, 2.24) is 4.98 Å². The molecule has 0 aliphatic rings. The summed E-state index contributed by atoms with van der Waals surface area (Å²) in [6.07, 6.45) is 4.17. The number of fused-ring (bicyclic) bond motifs is 1. The Bertz CT molecular complexity index is 732. The molecule has 0 aliphatic heterocycles. The fraction of sp³-hybridized carbons (Fsp3) is 0.0667. The second-order valence-electron chi connectivity index (χ2n) is 4.07. The van der Waals surface area contributed by atoms with Gasteiger partial charge in [-0.2, -0.15) is 0 Å². The van der Waals surface area contributed by atoms with E-state index >= 15 is 0 Å². The van der Waals surface area contributed by atoms with E-state index in [0.717, 1.165) is 17.2 Å². The van der Waals surface area contributed by atoms with Gasteiger partial charge in [-0.15, -0.1) is 0 Å². The van der Waals surface area contributed by atoms with E-state index in [1.165, 1.54) is 7.11 Å². The lowest BCUT2D eigenvalue weighted by Gasteiger charge is -2.02. The Morgan fingerprint density at radius 3 is 2.89 bits per heavy atom. The maximum absolute atomic E-state index is 11.2. The molecule has 0 spiro atoms. The monoisotopic (exact) mass is 253 g/mol. The largest absolute Gasteiger partial charge is 0.496 e. The van der Waals surface area contributed by atoms with E-state index in [9.17, 15) is 4.79 Å². The highest BCUT2D eigenvalue weighted by atomic mass is 16.5. The second kappa shape index (κ2) is 4.57. The number of rotatable bonds is 3. The first-order valence-corrected chi connectivity index (χ1v) is 5.79. The van der Waals surface area contributed by atoms with Crippen LogP contribution in [-0.4, -0.2) is 18.4 Å². The minimum Gasteiger partial charge on any atom is -0.496 e. The highest BCUT2D eigenvalue weighted by Crippen LogP contribution is 2.32. The number of aromatic nitrogens is 1. The number of pyridine rings is 1. The van der Waals surface area contributed by atoms with Gasteiger partial charge in [0.15, 0.2) is 6.29 Å². The quantitative estimate of drug-likeness (QED) is 0.672. The van der Waals surface area contributed by atoms with Crippen molar-refractivity contribution in [2.45, 2.75) is 0 Å². The van der Waals surface area contributed by atoms with Crippen LogP contribution in [0.15, 0.2) is 47.1 Å². The molecule has 0 bridgehead atoms. The van der Waals surface area contributed by atoms with Gasteiger partial charge in [-0.3, -0.25) is 9.78 Å². The summed E-state index contributed by atoms with van der Waals surface area (Å²) < 4.78 is 10.9. The van der Waals surface area contributed by atoms with Crippen LogP contribution in [0.2, 0.25) is 0 Å². The molecule has 2 aromatic heterocycles. The zero-order chi connectivity index (χ0) is 13.2. The van der Waals surface area contributed by atoms with Crippen molar-refractivity contribution >= 4 is 17.3 Å². The number of aldehydes is 1. The number of hydrogen-bond acceptors (Lipinski definition) is 4. The van der Waals surface area contributed by atoms with Crippen LogP contribution < -0.4 is 4.74 Å². The number of carbonyl (C=O) groups excluding carboxylic acids is 1. The topological polar surface area (TPSA) is 52.3 Å². The number of hydrogen-bond donors (Lipinski definition) is 0. The molecule has 0 saturated heterocycles. The summed E-state index contributed by atoms with van der Waals surface area (Å²) in [6, 6.07) is 9.25. The van der Waals surface area contributed by atoms with Gasteiger partial charge in [-0.05, 0) is 30.3 Å². The lowest BCUT2D eigenvalue weighted by atomic mass is 10.1. The fourth-order valence-corrected chi connectivity index (χ4v) is 2.05. The molecule has 94 valence electrons. The van der Waals surface area contributed by atoms with Gasteiger partial charge in [0.25, 0.3) is 0 Å². The predicted molar refractivity (Wildman–Crippen MR) is 71.4 cm³/mol. The molecule has 0 amide bonds. The van der Waals surface area contributed by atoms with E-state index in [1.54, 1.807) is 18.5 Å². The van der Waals surface area contributed by atoms with E-state index in [2.05, 4.69) is 4.98 Å². The molecule has 3 rings (SSSR count). The van der Waals surface area contributed by atoms with Gasteiger partial charge in [0.1, 0.15) is 17.1 Å². The fourth-order valence-electron chi connectivity index (χ4n) is 2.05. The van der Waals surface area contributed by atoms with E-state index < -0.39 is 0 Å². The molecule has 4 nitrogen and oxygen atoms in total. The Balaban J connectivity index is 2.24. The van der Waals surface area contributed by atoms with Crippen LogP contribution in [0.25, 0.3) is 22.3 Å². The molecule has 4 heteroatoms. The molecule has 0 unspecified atom stereocenters. The Labute approximate surface area is 109 Å². The lowest BCUT2D eigenvalue weighted by molar-refractivity contribution is 0.112. The second-order valence-corrected chi connectivity index (χ2v) is 4.07. The van der Waals surface area contributed by atoms with Crippen LogP contribution >= 0.6 is 0 Å². The van der Waals surface area contributed by atoms with Crippen LogP contribution in [0.5, 0.6) is 5.75 Å². The van der Waals surface area contributed by atoms with Gasteiger partial charge in [-0.25, -0.2) is 0 Å². The van der Waals surface area contributed by atoms with Gasteiger partial charge >= 0.3 is 0 Å². The van der Waals surface area contributed by atoms with Crippen LogP contribution in [0.4, 0.5) is 0 Å². The highest BCUT2D eigenvalue weighted by molar-refractivity contribution is 5.99. The maximum Gasteiger partial charge on any atom is 0.157 e. The Morgan fingerprint density at radius 2 is 2.21 bits per heavy atom. The molecule has 3 aromatic rings. The number of furan rings is 1. The third kappa shape index (κ3) is 1.87. The van der Waals surface area contributed by atoms with E-state index in [1.807, 2.05) is 24.3 Å². The van der Waals surface area contributed by atoms with Gasteiger partial charge < -0.3 is 9.15 Å². The first-order chi connectivity index (χ1) is 9.33. The molecule has 0 saturated carbocycles. The van der Waals surface area contributed by atoms with Crippen molar-refractivity contribution in [3.8, 4) is 17.1 Å². The Hall–Kier alpha value is -2.62. The van der Waals surface area contributed by atoms with Crippen molar-refractivity contribution in [2.75, 3.05) is 7.11 Å². The first kappa shape index (κ1) is 11.5. The van der Waals surface area contributed by atoms with E-state index in [-0.39, 0.29) is 0 Å². The van der Waals surface area contributed by atoms with Gasteiger partial charge in [-0.1, -0.05) is 0 Å². The Kier molecular flexibility index (Phi) is 2.76. The van der Waals surface area contributed by atoms with Gasteiger partial charge in [0, 0.05) is 23.3 Å². The smallest absolute Gasteiger partial charge is 0.157 e. The number of nitrogens with zero attached hydrogens (tertiary/aromatic N) is 1. The van der Waals surface area contributed by atoms with Crippen LogP contribution in [0.3, 0.4) is 0 Å². The number of carbonyl (C=O) groups is 1. The molecule has 0 atom stereocenters. The Morgan fingerprint density at radius 1 is 1.32 bits per heavy atom. The summed E-state index contributed by atoms with van der Waals surface area (Å²) in [5.41, 5.74) is 1.83. The molecular formula is C15H11NO3. The molecule has 1 aromatic carbocycles. The summed E-state index contributed by atoms with van der Waals surface area (Å²) >= 11 is 0. The van der Waals surface area contributed by atoms with Crippen molar-refractivity contribution in [3.05, 3.63) is 48.3 Å². The minimum absolute atomic E-state index is 0.426.